The number of pyridine rings is 1. The molecule has 0 radical (unpaired) electrons. The highest BCUT2D eigenvalue weighted by atomic mass is 16.5. The number of rotatable bonds is 7. The molecule has 2 amide bonds. The zero-order valence-corrected chi connectivity index (χ0v) is 22.0. The molecule has 8 nitrogen and oxygen atoms in total. The predicted molar refractivity (Wildman–Crippen MR) is 151 cm³/mol. The van der Waals surface area contributed by atoms with Crippen molar-refractivity contribution in [2.45, 2.75) is 26.2 Å². The van der Waals surface area contributed by atoms with Gasteiger partial charge in [-0.3, -0.25) is 19.4 Å². The maximum absolute atomic E-state index is 13.1. The number of anilines is 2. The summed E-state index contributed by atoms with van der Waals surface area (Å²) in [6, 6.07) is 19.1. The second-order valence-corrected chi connectivity index (χ2v) is 9.78. The molecule has 5 rings (SSSR count). The number of primary amides is 1. The van der Waals surface area contributed by atoms with E-state index in [1.54, 1.807) is 12.0 Å². The number of piperidine rings is 1. The topological polar surface area (TPSA) is 115 Å². The van der Waals surface area contributed by atoms with Gasteiger partial charge in [0.2, 0.25) is 0 Å². The number of carbonyl (C=O) groups is 3. The van der Waals surface area contributed by atoms with Gasteiger partial charge in [-0.25, -0.2) is 0 Å². The van der Waals surface area contributed by atoms with Crippen LogP contribution in [0.3, 0.4) is 0 Å². The van der Waals surface area contributed by atoms with Crippen molar-refractivity contribution in [3.8, 4) is 5.75 Å². The van der Waals surface area contributed by atoms with Gasteiger partial charge in [0.25, 0.3) is 11.8 Å². The van der Waals surface area contributed by atoms with Gasteiger partial charge in [0, 0.05) is 54.8 Å². The minimum Gasteiger partial charge on any atom is -0.497 e. The molecule has 0 saturated carbocycles. The molecule has 0 spiro atoms. The Morgan fingerprint density at radius 2 is 1.79 bits per heavy atom. The van der Waals surface area contributed by atoms with E-state index < -0.39 is 5.91 Å². The summed E-state index contributed by atoms with van der Waals surface area (Å²) in [5.41, 5.74) is 11.7. The van der Waals surface area contributed by atoms with Crippen LogP contribution in [0.25, 0.3) is 10.9 Å². The number of likely N-dealkylation sites (tertiary alicyclic amines) is 1. The SMILES string of the molecule is COc1cccc(Nc2c(C(N)=O)cnc3c(C)cc(Cc4cccc(C(=O)N5CCC(=O)CC5)c4)cc23)c1. The predicted octanol–water partition coefficient (Wildman–Crippen LogP) is 4.79. The number of fused-ring (bicyclic) bond motifs is 1. The molecule has 198 valence electrons. The van der Waals surface area contributed by atoms with Crippen molar-refractivity contribution in [2.75, 3.05) is 25.5 Å². The summed E-state index contributed by atoms with van der Waals surface area (Å²) in [6.45, 7) is 2.91. The third-order valence-corrected chi connectivity index (χ3v) is 7.02. The van der Waals surface area contributed by atoms with Gasteiger partial charge in [-0.15, -0.1) is 0 Å². The van der Waals surface area contributed by atoms with E-state index in [-0.39, 0.29) is 17.3 Å². The molecule has 1 saturated heterocycles. The first-order chi connectivity index (χ1) is 18.8. The molecule has 3 aromatic carbocycles. The van der Waals surface area contributed by atoms with Crippen molar-refractivity contribution in [3.63, 3.8) is 0 Å². The normalized spacial score (nSPS) is 13.4. The van der Waals surface area contributed by atoms with E-state index in [2.05, 4.69) is 16.4 Å². The molecule has 1 aromatic heterocycles. The minimum absolute atomic E-state index is 0.0564. The van der Waals surface area contributed by atoms with E-state index in [0.717, 1.165) is 33.3 Å². The number of amides is 2. The Balaban J connectivity index is 1.50. The third-order valence-electron chi connectivity index (χ3n) is 7.02. The molecule has 4 aromatic rings. The fourth-order valence-electron chi connectivity index (χ4n) is 5.02. The number of methoxy groups -OCH3 is 1. The van der Waals surface area contributed by atoms with Gasteiger partial charge in [0.1, 0.15) is 11.5 Å². The zero-order valence-electron chi connectivity index (χ0n) is 22.0. The van der Waals surface area contributed by atoms with Crippen molar-refractivity contribution in [1.82, 2.24) is 9.88 Å². The molecule has 0 atom stereocenters. The smallest absolute Gasteiger partial charge is 0.253 e. The molecule has 1 aliphatic rings. The molecule has 1 aliphatic heterocycles. The summed E-state index contributed by atoms with van der Waals surface area (Å²) in [5, 5.41) is 4.13. The van der Waals surface area contributed by atoms with Crippen LogP contribution in [0.1, 0.15) is 50.2 Å². The van der Waals surface area contributed by atoms with Crippen LogP contribution < -0.4 is 15.8 Å². The molecule has 0 unspecified atom stereocenters. The number of nitrogens with two attached hydrogens (primary N) is 1. The largest absolute Gasteiger partial charge is 0.497 e. The average molecular weight is 523 g/mol. The van der Waals surface area contributed by atoms with Gasteiger partial charge >= 0.3 is 0 Å². The number of ketones is 1. The lowest BCUT2D eigenvalue weighted by atomic mass is 9.97. The van der Waals surface area contributed by atoms with Crippen molar-refractivity contribution < 1.29 is 19.1 Å². The van der Waals surface area contributed by atoms with Gasteiger partial charge in [0.15, 0.2) is 0 Å². The molecule has 0 bridgehead atoms. The summed E-state index contributed by atoms with van der Waals surface area (Å²) in [4.78, 5) is 43.3. The first-order valence-electron chi connectivity index (χ1n) is 12.9. The Morgan fingerprint density at radius 3 is 2.54 bits per heavy atom. The van der Waals surface area contributed by atoms with Crippen molar-refractivity contribution in [1.29, 1.82) is 0 Å². The molecule has 39 heavy (non-hydrogen) atoms. The summed E-state index contributed by atoms with van der Waals surface area (Å²) < 4.78 is 5.35. The Labute approximate surface area is 226 Å². The van der Waals surface area contributed by atoms with Crippen LogP contribution in [0.2, 0.25) is 0 Å². The van der Waals surface area contributed by atoms with Crippen molar-refractivity contribution in [3.05, 3.63) is 94.7 Å². The van der Waals surface area contributed by atoms with Crippen molar-refractivity contribution in [2.24, 2.45) is 5.73 Å². The monoisotopic (exact) mass is 522 g/mol. The number of hydrogen-bond acceptors (Lipinski definition) is 6. The summed E-state index contributed by atoms with van der Waals surface area (Å²) in [7, 11) is 1.60. The van der Waals surface area contributed by atoms with E-state index in [4.69, 9.17) is 10.5 Å². The number of nitrogens with one attached hydrogen (secondary N) is 1. The highest BCUT2D eigenvalue weighted by molar-refractivity contribution is 6.08. The number of aromatic nitrogens is 1. The van der Waals surface area contributed by atoms with Crippen LogP contribution in [-0.2, 0) is 11.2 Å². The Kier molecular flexibility index (Phi) is 7.27. The fourth-order valence-corrected chi connectivity index (χ4v) is 5.02. The van der Waals surface area contributed by atoms with Crippen LogP contribution >= 0.6 is 0 Å². The summed E-state index contributed by atoms with van der Waals surface area (Å²) in [5.74, 6) is 0.248. The van der Waals surface area contributed by atoms with Crippen LogP contribution in [0.15, 0.2) is 66.9 Å². The maximum Gasteiger partial charge on any atom is 0.253 e. The Bertz CT molecular complexity index is 1590. The van der Waals surface area contributed by atoms with Gasteiger partial charge < -0.3 is 20.7 Å². The lowest BCUT2D eigenvalue weighted by molar-refractivity contribution is -0.120. The number of ether oxygens (including phenoxy) is 1. The minimum atomic E-state index is -0.580. The first-order valence-corrected chi connectivity index (χ1v) is 12.9. The quantitative estimate of drug-likeness (QED) is 0.361. The van der Waals surface area contributed by atoms with Crippen LogP contribution in [-0.4, -0.2) is 47.7 Å². The van der Waals surface area contributed by atoms with Gasteiger partial charge in [-0.05, 0) is 60.4 Å². The molecular weight excluding hydrogens is 492 g/mol. The second kappa shape index (κ2) is 10.9. The van der Waals surface area contributed by atoms with Crippen LogP contribution in [0.4, 0.5) is 11.4 Å². The Morgan fingerprint density at radius 1 is 1.03 bits per heavy atom. The van der Waals surface area contributed by atoms with E-state index in [0.29, 0.717) is 49.4 Å². The highest BCUT2D eigenvalue weighted by Crippen LogP contribution is 2.33. The molecular formula is C31H30N4O4. The molecule has 2 heterocycles. The van der Waals surface area contributed by atoms with E-state index >= 15 is 0 Å². The first kappa shape index (κ1) is 25.9. The summed E-state index contributed by atoms with van der Waals surface area (Å²) in [6.07, 6.45) is 2.91. The molecule has 0 aliphatic carbocycles. The zero-order chi connectivity index (χ0) is 27.5. The van der Waals surface area contributed by atoms with Crippen molar-refractivity contribution >= 4 is 39.9 Å². The van der Waals surface area contributed by atoms with E-state index in [1.165, 1.54) is 6.20 Å². The molecule has 1 fully saturated rings. The van der Waals surface area contributed by atoms with E-state index in [1.807, 2.05) is 61.5 Å². The fraction of sp³-hybridized carbons (Fsp3) is 0.226. The number of aryl methyl sites for hydroxylation is 1. The average Bonchev–Trinajstić information content (AvgIpc) is 2.93. The lowest BCUT2D eigenvalue weighted by Crippen LogP contribution is -2.38. The third kappa shape index (κ3) is 5.60. The van der Waals surface area contributed by atoms with Gasteiger partial charge in [-0.1, -0.05) is 24.3 Å². The lowest BCUT2D eigenvalue weighted by Gasteiger charge is -2.26. The number of hydrogen-bond donors (Lipinski definition) is 2. The number of Topliss-reactive ketones (excluding diaryl/α,β-unsaturated/α-hetero) is 1. The van der Waals surface area contributed by atoms with E-state index in [9.17, 15) is 14.4 Å². The Hall–Kier alpha value is -4.72. The second-order valence-electron chi connectivity index (χ2n) is 9.78. The number of carbonyl (C=O) groups excluding carboxylic acids is 3. The molecule has 8 heteroatoms. The number of benzene rings is 3. The maximum atomic E-state index is 13.1. The standard InChI is InChI=1S/C31H30N4O4/c1-19-13-21(14-20-5-3-6-22(15-20)31(38)35-11-9-24(36)10-12-35)16-26-28(19)33-18-27(30(32)37)29(26)34-23-7-4-8-25(17-23)39-2/h3-8,13,15-18H,9-12,14H2,1-2H3,(H2,32,37)(H,33,34). The van der Waals surface area contributed by atoms with Gasteiger partial charge in [0.05, 0.1) is 23.9 Å². The number of nitrogens with zero attached hydrogens (tertiary/aromatic N) is 2. The van der Waals surface area contributed by atoms with Crippen LogP contribution in [0.5, 0.6) is 5.75 Å². The van der Waals surface area contributed by atoms with Gasteiger partial charge in [-0.2, -0.15) is 0 Å². The van der Waals surface area contributed by atoms with Crippen LogP contribution in [0, 0.1) is 6.92 Å². The molecule has 3 N–H and O–H groups in total. The summed E-state index contributed by atoms with van der Waals surface area (Å²) >= 11 is 0. The highest BCUT2D eigenvalue weighted by Gasteiger charge is 2.22.